The Morgan fingerprint density at radius 3 is 1.97 bits per heavy atom. The van der Waals surface area contributed by atoms with Crippen molar-refractivity contribution in [1.29, 1.82) is 0 Å². The normalized spacial score (nSPS) is 25.5. The van der Waals surface area contributed by atoms with Crippen LogP contribution in [-0.4, -0.2) is 130 Å². The van der Waals surface area contributed by atoms with E-state index in [1.807, 2.05) is 43.3 Å². The molecule has 70 heavy (non-hydrogen) atoms. The van der Waals surface area contributed by atoms with Crippen molar-refractivity contribution in [2.75, 3.05) is 14.2 Å². The van der Waals surface area contributed by atoms with Crippen LogP contribution in [0.5, 0.6) is 5.75 Å². The number of phenols is 1. The number of aromatic hydroxyl groups is 1. The molecule has 0 aliphatic carbocycles. The number of nitrogens with zero attached hydrogens (tertiary/aromatic N) is 1. The number of carboxylic acid groups (broad SMARTS) is 2. The number of aliphatic carboxylic acids is 2. The summed E-state index contributed by atoms with van der Waals surface area (Å²) < 4.78 is 5.80. The molecule has 1 aliphatic rings. The second-order valence-corrected chi connectivity index (χ2v) is 17.5. The Bertz CT molecular complexity index is 2280. The molecule has 2 aromatic carbocycles. The van der Waals surface area contributed by atoms with Gasteiger partial charge < -0.3 is 56.9 Å². The van der Waals surface area contributed by atoms with E-state index >= 15 is 0 Å². The summed E-state index contributed by atoms with van der Waals surface area (Å²) in [6.45, 7) is 12.9. The molecule has 380 valence electrons. The van der Waals surface area contributed by atoms with Gasteiger partial charge in [-0.1, -0.05) is 101 Å². The van der Waals surface area contributed by atoms with Crippen LogP contribution in [0.1, 0.15) is 71.9 Å². The van der Waals surface area contributed by atoms with Crippen LogP contribution in [0, 0.1) is 17.8 Å². The Kier molecular flexibility index (Phi) is 22.0. The van der Waals surface area contributed by atoms with E-state index in [0.717, 1.165) is 16.0 Å². The first-order valence-corrected chi connectivity index (χ1v) is 22.9. The highest BCUT2D eigenvalue weighted by Gasteiger charge is 2.37. The van der Waals surface area contributed by atoms with Gasteiger partial charge in [-0.2, -0.15) is 0 Å². The topological polar surface area (TPSA) is 299 Å². The Balaban J connectivity index is 2.06. The van der Waals surface area contributed by atoms with Crippen molar-refractivity contribution in [2.24, 2.45) is 17.8 Å². The maximum Gasteiger partial charge on any atom is 0.327 e. The van der Waals surface area contributed by atoms with E-state index in [2.05, 4.69) is 38.5 Å². The number of amides is 7. The van der Waals surface area contributed by atoms with Crippen LogP contribution in [0.15, 0.2) is 90.7 Å². The fourth-order valence-corrected chi connectivity index (χ4v) is 7.41. The maximum atomic E-state index is 14.0. The molecular formula is C50H67N7O13. The lowest BCUT2D eigenvalue weighted by atomic mass is 9.94. The maximum absolute atomic E-state index is 14.0. The third-order valence-corrected chi connectivity index (χ3v) is 12.1. The van der Waals surface area contributed by atoms with Crippen LogP contribution in [-0.2, 0) is 60.7 Å². The van der Waals surface area contributed by atoms with Gasteiger partial charge in [0.1, 0.15) is 41.7 Å². The van der Waals surface area contributed by atoms with E-state index in [1.165, 1.54) is 52.1 Å². The Hall–Kier alpha value is -7.35. The average molecular weight is 974 g/mol. The molecule has 0 radical (unpaired) electrons. The van der Waals surface area contributed by atoms with Crippen molar-refractivity contribution < 1.29 is 63.2 Å². The number of hydrogen-bond donors (Lipinski definition) is 9. The Morgan fingerprint density at radius 1 is 0.786 bits per heavy atom. The fraction of sp³-hybridized carbons (Fsp3) is 0.460. The molecule has 1 heterocycles. The number of ether oxygens (including phenoxy) is 1. The summed E-state index contributed by atoms with van der Waals surface area (Å²) in [7, 11) is 2.82. The summed E-state index contributed by atoms with van der Waals surface area (Å²) in [4.78, 5) is 122. The van der Waals surface area contributed by atoms with Gasteiger partial charge in [0.2, 0.25) is 35.4 Å². The third kappa shape index (κ3) is 17.0. The number of carboxylic acids is 2. The standard InChI is InChI=1S/C50H67N7O13/c1-10-36-47(64)53-37(21-16-27(2)24-28(3)40(70-9)26-33-14-12-11-13-15-33)29(4)43(60)54-38(49(66)67)22-23-41(59)57(8)32(7)46(63)51-31(6)45(62)55-39(25-34-17-19-35(58)20-18-34)48(65)56-42(50(68)69)30(5)44(61)52-36/h11-21,24,28-31,36-40,42,58H,7,10,22-23,25-26H2,1-6,8-9H3,(H,51,63)(H,52,61)(H,53,64)(H,54,60)(H,55,62)(H,56,65)(H,66,67)(H,68,69). The Labute approximate surface area is 407 Å². The molecule has 1 saturated heterocycles. The number of hydrogen-bond acceptors (Lipinski definition) is 11. The summed E-state index contributed by atoms with van der Waals surface area (Å²) >= 11 is 0. The van der Waals surface area contributed by atoms with E-state index < -0.39 is 120 Å². The van der Waals surface area contributed by atoms with Gasteiger partial charge >= 0.3 is 11.9 Å². The average Bonchev–Trinajstić information content (AvgIpc) is 3.32. The number of allylic oxidation sites excluding steroid dienone is 2. The van der Waals surface area contributed by atoms with Crippen LogP contribution in [0.4, 0.5) is 0 Å². The summed E-state index contributed by atoms with van der Waals surface area (Å²) in [5.41, 5.74) is 1.79. The SMILES string of the molecule is C=C1C(=O)NC(C)C(=O)NC(Cc2ccc(O)cc2)C(=O)NC(C(=O)O)C(C)C(=O)NC(CC)C(=O)NC(C=CC(C)=CC(C)C(Cc2ccccc2)OC)C(C)C(=O)NC(C(=O)O)CCC(=O)N1C. The molecule has 10 atom stereocenters. The van der Waals surface area contributed by atoms with Crippen LogP contribution in [0.3, 0.4) is 0 Å². The highest BCUT2D eigenvalue weighted by atomic mass is 16.5. The second kappa shape index (κ2) is 27.0. The Morgan fingerprint density at radius 2 is 1.39 bits per heavy atom. The molecule has 0 bridgehead atoms. The molecule has 0 spiro atoms. The molecule has 2 aromatic rings. The van der Waals surface area contributed by atoms with Crippen molar-refractivity contribution in [2.45, 2.75) is 116 Å². The van der Waals surface area contributed by atoms with Crippen molar-refractivity contribution >= 4 is 53.3 Å². The number of carbonyl (C=O) groups excluding carboxylic acids is 7. The zero-order valence-corrected chi connectivity index (χ0v) is 40.8. The molecule has 10 unspecified atom stereocenters. The highest BCUT2D eigenvalue weighted by Crippen LogP contribution is 2.19. The number of rotatable bonds is 12. The predicted molar refractivity (Wildman–Crippen MR) is 257 cm³/mol. The molecule has 9 N–H and O–H groups in total. The molecule has 20 heteroatoms. The number of likely N-dealkylation sites (N-methyl/N-ethyl adjacent to an activating group) is 1. The number of methoxy groups -OCH3 is 1. The van der Waals surface area contributed by atoms with Crippen LogP contribution < -0.4 is 31.9 Å². The van der Waals surface area contributed by atoms with Crippen LogP contribution in [0.25, 0.3) is 0 Å². The minimum absolute atomic E-state index is 0.0207. The lowest BCUT2D eigenvalue weighted by molar-refractivity contribution is -0.146. The van der Waals surface area contributed by atoms with Gasteiger partial charge in [0.25, 0.3) is 5.91 Å². The van der Waals surface area contributed by atoms with Gasteiger partial charge in [-0.05, 0) is 56.4 Å². The van der Waals surface area contributed by atoms with Gasteiger partial charge in [-0.25, -0.2) is 9.59 Å². The summed E-state index contributed by atoms with van der Waals surface area (Å²) in [5, 5.41) is 45.1. The van der Waals surface area contributed by atoms with Crippen molar-refractivity contribution in [3.05, 3.63) is 102 Å². The zero-order valence-electron chi connectivity index (χ0n) is 40.8. The van der Waals surface area contributed by atoms with Gasteiger partial charge in [-0.15, -0.1) is 0 Å². The smallest absolute Gasteiger partial charge is 0.327 e. The fourth-order valence-electron chi connectivity index (χ4n) is 7.41. The van der Waals surface area contributed by atoms with E-state index in [4.69, 9.17) is 4.74 Å². The van der Waals surface area contributed by atoms with E-state index in [9.17, 15) is 58.5 Å². The largest absolute Gasteiger partial charge is 0.508 e. The number of nitrogens with one attached hydrogen (secondary N) is 6. The monoisotopic (exact) mass is 973 g/mol. The van der Waals surface area contributed by atoms with Crippen molar-refractivity contribution in [1.82, 2.24) is 36.8 Å². The van der Waals surface area contributed by atoms with Gasteiger partial charge in [0.05, 0.1) is 24.0 Å². The highest BCUT2D eigenvalue weighted by molar-refractivity contribution is 6.00. The zero-order chi connectivity index (χ0) is 52.4. The molecule has 1 fully saturated rings. The summed E-state index contributed by atoms with van der Waals surface area (Å²) in [6.07, 6.45) is 4.41. The lowest BCUT2D eigenvalue weighted by Gasteiger charge is -2.28. The first-order valence-electron chi connectivity index (χ1n) is 22.9. The second-order valence-electron chi connectivity index (χ2n) is 17.5. The molecule has 0 aromatic heterocycles. The van der Waals surface area contributed by atoms with E-state index in [-0.39, 0.29) is 30.6 Å². The molecular weight excluding hydrogens is 907 g/mol. The quantitative estimate of drug-likeness (QED) is 0.109. The summed E-state index contributed by atoms with van der Waals surface area (Å²) in [5.74, 6) is -12.2. The lowest BCUT2D eigenvalue weighted by Crippen LogP contribution is -2.59. The van der Waals surface area contributed by atoms with Crippen LogP contribution >= 0.6 is 0 Å². The summed E-state index contributed by atoms with van der Waals surface area (Å²) in [6, 6.07) is 6.52. The predicted octanol–water partition coefficient (Wildman–Crippen LogP) is 1.88. The van der Waals surface area contributed by atoms with Gasteiger partial charge in [0, 0.05) is 32.9 Å². The molecule has 3 rings (SSSR count). The van der Waals surface area contributed by atoms with Crippen molar-refractivity contribution in [3.63, 3.8) is 0 Å². The number of phenolic OH excluding ortho intramolecular Hbond substituents is 1. The first-order chi connectivity index (χ1) is 33.0. The minimum atomic E-state index is -1.90. The van der Waals surface area contributed by atoms with Crippen molar-refractivity contribution in [3.8, 4) is 5.75 Å². The van der Waals surface area contributed by atoms with E-state index in [1.54, 1.807) is 33.1 Å². The van der Waals surface area contributed by atoms with Gasteiger partial charge in [0.15, 0.2) is 0 Å². The third-order valence-electron chi connectivity index (χ3n) is 12.1. The van der Waals surface area contributed by atoms with Gasteiger partial charge in [-0.3, -0.25) is 33.6 Å². The van der Waals surface area contributed by atoms with E-state index in [0.29, 0.717) is 12.0 Å². The van der Waals surface area contributed by atoms with Crippen LogP contribution in [0.2, 0.25) is 0 Å². The molecule has 0 saturated carbocycles. The number of benzene rings is 2. The molecule has 20 nitrogen and oxygen atoms in total. The molecule has 1 aliphatic heterocycles. The first kappa shape index (κ1) is 57.0. The number of carbonyl (C=O) groups is 9. The minimum Gasteiger partial charge on any atom is -0.508 e. The molecule has 7 amide bonds.